The minimum absolute atomic E-state index is 0.0766. The zero-order chi connectivity index (χ0) is 28.5. The summed E-state index contributed by atoms with van der Waals surface area (Å²) in [5, 5.41) is 16.7. The van der Waals surface area contributed by atoms with Crippen LogP contribution in [0.1, 0.15) is 22.6 Å². The van der Waals surface area contributed by atoms with E-state index in [4.69, 9.17) is 4.74 Å². The van der Waals surface area contributed by atoms with Gasteiger partial charge in [0.25, 0.3) is 0 Å². The summed E-state index contributed by atoms with van der Waals surface area (Å²) in [4.78, 5) is 50.1. The van der Waals surface area contributed by atoms with Crippen molar-refractivity contribution in [3.8, 4) is 11.1 Å². The van der Waals surface area contributed by atoms with Gasteiger partial charge in [0.15, 0.2) is 0 Å². The van der Waals surface area contributed by atoms with Crippen LogP contribution in [0.15, 0.2) is 78.9 Å². The van der Waals surface area contributed by atoms with E-state index in [-0.39, 0.29) is 19.1 Å². The van der Waals surface area contributed by atoms with E-state index in [9.17, 15) is 24.3 Å². The highest BCUT2D eigenvalue weighted by Crippen LogP contribution is 2.44. The third-order valence-electron chi connectivity index (χ3n) is 6.61. The number of carbonyl (C=O) groups is 4. The summed E-state index contributed by atoms with van der Waals surface area (Å²) in [7, 11) is 1.76. The highest BCUT2D eigenvalue weighted by molar-refractivity contribution is 5.89. The highest BCUT2D eigenvalue weighted by Gasteiger charge is 2.29. The number of nitrogens with one attached hydrogen (secondary N) is 3. The number of amides is 3. The maximum absolute atomic E-state index is 12.3. The normalized spacial score (nSPS) is 12.7. The monoisotopic (exact) mass is 544 g/mol. The Balaban J connectivity index is 1.17. The Labute approximate surface area is 232 Å². The maximum Gasteiger partial charge on any atom is 0.407 e. The molecule has 4 rings (SSSR count). The molecular weight excluding hydrogens is 512 g/mol. The highest BCUT2D eigenvalue weighted by atomic mass is 16.5. The van der Waals surface area contributed by atoms with E-state index in [0.29, 0.717) is 6.54 Å². The van der Waals surface area contributed by atoms with Crippen LogP contribution in [0.5, 0.6) is 0 Å². The second-order valence-electron chi connectivity index (χ2n) is 9.60. The quantitative estimate of drug-likeness (QED) is 0.275. The van der Waals surface area contributed by atoms with Gasteiger partial charge >= 0.3 is 12.1 Å². The summed E-state index contributed by atoms with van der Waals surface area (Å²) in [5.74, 6) is -2.56. The van der Waals surface area contributed by atoms with Gasteiger partial charge in [-0.15, -0.1) is 0 Å². The van der Waals surface area contributed by atoms with Crippen LogP contribution in [0.25, 0.3) is 11.1 Å². The molecule has 1 atom stereocenters. The number of hydrogen-bond acceptors (Lipinski definition) is 6. The fourth-order valence-corrected chi connectivity index (χ4v) is 4.75. The summed E-state index contributed by atoms with van der Waals surface area (Å²) in [5.41, 5.74) is 5.38. The lowest BCUT2D eigenvalue weighted by molar-refractivity contribution is -0.142. The van der Waals surface area contributed by atoms with Crippen molar-refractivity contribution in [3.05, 3.63) is 95.6 Å². The number of ether oxygens (including phenoxy) is 1. The minimum atomic E-state index is -1.18. The molecule has 0 aromatic heterocycles. The smallest absolute Gasteiger partial charge is 0.407 e. The van der Waals surface area contributed by atoms with Gasteiger partial charge in [-0.1, -0.05) is 78.9 Å². The molecular formula is C30H32N4O6. The number of benzene rings is 3. The summed E-state index contributed by atoms with van der Waals surface area (Å²) in [6.45, 7) is -0.130. The molecule has 208 valence electrons. The number of alkyl carbamates (subject to hydrolysis) is 1. The van der Waals surface area contributed by atoms with Gasteiger partial charge in [0.1, 0.15) is 19.2 Å². The molecule has 1 unspecified atom stereocenters. The minimum Gasteiger partial charge on any atom is -0.480 e. The van der Waals surface area contributed by atoms with Gasteiger partial charge < -0.3 is 25.8 Å². The number of aliphatic carboxylic acids is 1. The number of carboxylic acids is 1. The molecule has 1 aliphatic rings. The number of carboxylic acid groups (broad SMARTS) is 1. The van der Waals surface area contributed by atoms with E-state index < -0.39 is 43.0 Å². The Bertz CT molecular complexity index is 1320. The molecule has 0 saturated carbocycles. The molecule has 0 bridgehead atoms. The molecule has 0 spiro atoms. The number of likely N-dealkylation sites (N-methyl/N-ethyl adjacent to an activating group) is 1. The van der Waals surface area contributed by atoms with Crippen LogP contribution in [0, 0.1) is 0 Å². The molecule has 10 nitrogen and oxygen atoms in total. The van der Waals surface area contributed by atoms with Crippen LogP contribution >= 0.6 is 0 Å². The van der Waals surface area contributed by atoms with Gasteiger partial charge in [-0.2, -0.15) is 0 Å². The SMILES string of the molecule is CN(Cc1ccccc1)CC(NC(=O)CNC(=O)CNC(=O)OCC1c2ccccc2-c2ccccc21)C(=O)O. The average Bonchev–Trinajstić information content (AvgIpc) is 3.27. The van der Waals surface area contributed by atoms with Crippen molar-refractivity contribution in [2.24, 2.45) is 0 Å². The molecule has 0 fully saturated rings. The van der Waals surface area contributed by atoms with Gasteiger partial charge in [0.2, 0.25) is 11.8 Å². The molecule has 10 heteroatoms. The first-order chi connectivity index (χ1) is 19.3. The third-order valence-corrected chi connectivity index (χ3v) is 6.61. The van der Waals surface area contributed by atoms with Crippen LogP contribution in [0.3, 0.4) is 0 Å². The van der Waals surface area contributed by atoms with E-state index in [1.54, 1.807) is 11.9 Å². The lowest BCUT2D eigenvalue weighted by atomic mass is 9.98. The Morgan fingerprint density at radius 3 is 2.02 bits per heavy atom. The summed E-state index contributed by atoms with van der Waals surface area (Å²) in [6.07, 6.45) is -0.756. The lowest BCUT2D eigenvalue weighted by Gasteiger charge is -2.22. The Morgan fingerprint density at radius 1 is 0.825 bits per heavy atom. The number of hydrogen-bond donors (Lipinski definition) is 4. The lowest BCUT2D eigenvalue weighted by Crippen LogP contribution is -2.50. The first kappa shape index (κ1) is 28.3. The van der Waals surface area contributed by atoms with Crippen molar-refractivity contribution in [2.75, 3.05) is 33.3 Å². The summed E-state index contributed by atoms with van der Waals surface area (Å²) < 4.78 is 5.39. The van der Waals surface area contributed by atoms with Gasteiger partial charge in [-0.3, -0.25) is 14.5 Å². The van der Waals surface area contributed by atoms with Crippen LogP contribution in [0.4, 0.5) is 4.79 Å². The van der Waals surface area contributed by atoms with Crippen LogP contribution in [-0.4, -0.2) is 73.2 Å². The predicted molar refractivity (Wildman–Crippen MR) is 148 cm³/mol. The van der Waals surface area contributed by atoms with Gasteiger partial charge in [0, 0.05) is 19.0 Å². The van der Waals surface area contributed by atoms with Crippen molar-refractivity contribution in [2.45, 2.75) is 18.5 Å². The zero-order valence-electron chi connectivity index (χ0n) is 22.1. The van der Waals surface area contributed by atoms with E-state index >= 15 is 0 Å². The van der Waals surface area contributed by atoms with Crippen LogP contribution in [0.2, 0.25) is 0 Å². The maximum atomic E-state index is 12.3. The van der Waals surface area contributed by atoms with Crippen molar-refractivity contribution in [1.29, 1.82) is 0 Å². The summed E-state index contributed by atoms with van der Waals surface area (Å²) in [6, 6.07) is 24.3. The number of nitrogens with zero attached hydrogens (tertiary/aromatic N) is 1. The predicted octanol–water partition coefficient (Wildman–Crippen LogP) is 2.34. The fraction of sp³-hybridized carbons (Fsp3) is 0.267. The second kappa shape index (κ2) is 13.4. The molecule has 40 heavy (non-hydrogen) atoms. The van der Waals surface area contributed by atoms with E-state index in [1.807, 2.05) is 78.9 Å². The van der Waals surface area contributed by atoms with E-state index in [0.717, 1.165) is 27.8 Å². The van der Waals surface area contributed by atoms with Crippen molar-refractivity contribution >= 4 is 23.9 Å². The van der Waals surface area contributed by atoms with Gasteiger partial charge in [-0.25, -0.2) is 9.59 Å². The molecule has 3 aromatic rings. The van der Waals surface area contributed by atoms with Gasteiger partial charge in [-0.05, 0) is 34.9 Å². The third kappa shape index (κ3) is 7.45. The second-order valence-corrected chi connectivity index (χ2v) is 9.60. The topological polar surface area (TPSA) is 137 Å². The molecule has 0 radical (unpaired) electrons. The van der Waals surface area contributed by atoms with Crippen LogP contribution in [-0.2, 0) is 25.7 Å². The zero-order valence-corrected chi connectivity index (χ0v) is 22.1. The molecule has 0 heterocycles. The molecule has 1 aliphatic carbocycles. The van der Waals surface area contributed by atoms with E-state index in [2.05, 4.69) is 16.0 Å². The Kier molecular flexibility index (Phi) is 9.48. The van der Waals surface area contributed by atoms with E-state index in [1.165, 1.54) is 0 Å². The fourth-order valence-electron chi connectivity index (χ4n) is 4.75. The van der Waals surface area contributed by atoms with Crippen LogP contribution < -0.4 is 16.0 Å². The molecule has 3 amide bonds. The van der Waals surface area contributed by atoms with Crippen molar-refractivity contribution in [1.82, 2.24) is 20.9 Å². The first-order valence-electron chi connectivity index (χ1n) is 12.9. The summed E-state index contributed by atoms with van der Waals surface area (Å²) >= 11 is 0. The Hall–Kier alpha value is -4.70. The number of rotatable bonds is 12. The van der Waals surface area contributed by atoms with Crippen molar-refractivity contribution in [3.63, 3.8) is 0 Å². The number of carbonyl (C=O) groups excluding carboxylic acids is 3. The first-order valence-corrected chi connectivity index (χ1v) is 12.9. The Morgan fingerprint density at radius 2 is 1.40 bits per heavy atom. The number of fused-ring (bicyclic) bond motifs is 3. The molecule has 3 aromatic carbocycles. The average molecular weight is 545 g/mol. The largest absolute Gasteiger partial charge is 0.480 e. The molecule has 0 aliphatic heterocycles. The molecule has 0 saturated heterocycles. The standard InChI is InChI=1S/C30H32N4O6/c1-34(17-20-9-3-2-4-10-20)18-26(29(37)38)33-28(36)16-31-27(35)15-32-30(39)40-19-25-23-13-7-5-11-21(23)22-12-6-8-14-24(22)25/h2-14,25-26H,15-19H2,1H3,(H,31,35)(H,32,39)(H,33,36)(H,37,38). The molecule has 4 N–H and O–H groups in total. The van der Waals surface area contributed by atoms with Crippen molar-refractivity contribution < 1.29 is 29.0 Å². The van der Waals surface area contributed by atoms with Gasteiger partial charge in [0.05, 0.1) is 6.54 Å².